The van der Waals surface area contributed by atoms with Gasteiger partial charge in [-0.1, -0.05) is 24.3 Å². The minimum Gasteiger partial charge on any atom is -0.507 e. The molecule has 1 N–H and O–H groups in total. The van der Waals surface area contributed by atoms with Crippen LogP contribution in [0.5, 0.6) is 17.2 Å². The van der Waals surface area contributed by atoms with E-state index in [1.54, 1.807) is 60.8 Å². The van der Waals surface area contributed by atoms with E-state index in [0.717, 1.165) is 0 Å². The lowest BCUT2D eigenvalue weighted by atomic mass is 9.94. The number of benzene rings is 2. The first-order chi connectivity index (χ1) is 17.5. The molecular weight excluding hydrogens is 460 g/mol. The number of ether oxygens (including phenoxy) is 3. The van der Waals surface area contributed by atoms with Crippen LogP contribution in [0.25, 0.3) is 5.76 Å². The molecule has 1 aromatic heterocycles. The van der Waals surface area contributed by atoms with E-state index in [2.05, 4.69) is 4.98 Å². The fourth-order valence-corrected chi connectivity index (χ4v) is 4.30. The summed E-state index contributed by atoms with van der Waals surface area (Å²) in [6.45, 7) is 4.55. The first-order valence-electron chi connectivity index (χ1n) is 11.7. The van der Waals surface area contributed by atoms with Gasteiger partial charge in [0, 0.05) is 17.8 Å². The van der Waals surface area contributed by atoms with E-state index < -0.39 is 17.7 Å². The molecule has 0 aliphatic carbocycles. The molecule has 0 saturated carbocycles. The van der Waals surface area contributed by atoms with Gasteiger partial charge >= 0.3 is 0 Å². The van der Waals surface area contributed by atoms with Crippen LogP contribution in [0.1, 0.15) is 36.7 Å². The predicted octanol–water partition coefficient (Wildman–Crippen LogP) is 4.51. The number of aliphatic hydroxyl groups is 1. The third kappa shape index (κ3) is 4.75. The van der Waals surface area contributed by atoms with Crippen LogP contribution >= 0.6 is 0 Å². The molecule has 4 rings (SSSR count). The standard InChI is InChI=1S/C28H28N2O6/c1-4-35-19-13-14-21(23(16-19)36-5-2)26(31)24-25(20-11-6-7-12-22(20)34-3)30(28(33)27(24)32)17-18-10-8-9-15-29-18/h6-16,25,31H,4-5,17H2,1-3H3/b26-24+. The van der Waals surface area contributed by atoms with Crippen LogP contribution in [0.2, 0.25) is 0 Å². The van der Waals surface area contributed by atoms with Gasteiger partial charge in [-0.05, 0) is 44.2 Å². The van der Waals surface area contributed by atoms with Crippen LogP contribution in [0.15, 0.2) is 72.4 Å². The van der Waals surface area contributed by atoms with E-state index >= 15 is 0 Å². The molecule has 1 amide bonds. The number of amides is 1. The number of hydrogen-bond donors (Lipinski definition) is 1. The number of likely N-dealkylation sites (tertiary alicyclic amines) is 1. The first-order valence-corrected chi connectivity index (χ1v) is 11.7. The normalized spacial score (nSPS) is 16.8. The summed E-state index contributed by atoms with van der Waals surface area (Å²) in [5.74, 6) is -0.472. The zero-order chi connectivity index (χ0) is 25.7. The smallest absolute Gasteiger partial charge is 0.296 e. The molecule has 186 valence electrons. The Labute approximate surface area is 209 Å². The van der Waals surface area contributed by atoms with E-state index in [1.165, 1.54) is 12.0 Å². The summed E-state index contributed by atoms with van der Waals surface area (Å²) >= 11 is 0. The van der Waals surface area contributed by atoms with E-state index in [0.29, 0.717) is 41.7 Å². The third-order valence-corrected chi connectivity index (χ3v) is 5.85. The fourth-order valence-electron chi connectivity index (χ4n) is 4.30. The number of ketones is 1. The highest BCUT2D eigenvalue weighted by Gasteiger charge is 2.47. The van der Waals surface area contributed by atoms with Gasteiger partial charge in [0.2, 0.25) is 0 Å². The molecule has 2 heterocycles. The molecule has 0 spiro atoms. The van der Waals surface area contributed by atoms with Crippen LogP contribution in [0.3, 0.4) is 0 Å². The van der Waals surface area contributed by atoms with Crippen molar-refractivity contribution < 1.29 is 28.9 Å². The van der Waals surface area contributed by atoms with Crippen molar-refractivity contribution in [1.29, 1.82) is 0 Å². The first kappa shape index (κ1) is 24.8. The van der Waals surface area contributed by atoms with Gasteiger partial charge < -0.3 is 24.2 Å². The maximum absolute atomic E-state index is 13.4. The summed E-state index contributed by atoms with van der Waals surface area (Å²) in [6, 6.07) is 16.5. The lowest BCUT2D eigenvalue weighted by Gasteiger charge is -2.26. The van der Waals surface area contributed by atoms with Gasteiger partial charge in [0.1, 0.15) is 23.0 Å². The maximum Gasteiger partial charge on any atom is 0.296 e. The van der Waals surface area contributed by atoms with Gasteiger partial charge in [-0.15, -0.1) is 0 Å². The molecule has 1 saturated heterocycles. The Morgan fingerprint density at radius 2 is 1.72 bits per heavy atom. The Morgan fingerprint density at radius 1 is 0.972 bits per heavy atom. The number of Topliss-reactive ketones (excluding diaryl/α,β-unsaturated/α-hetero) is 1. The summed E-state index contributed by atoms with van der Waals surface area (Å²) in [6.07, 6.45) is 1.62. The highest BCUT2D eigenvalue weighted by Crippen LogP contribution is 2.44. The second-order valence-corrected chi connectivity index (χ2v) is 8.01. The van der Waals surface area contributed by atoms with Crippen LogP contribution in [0, 0.1) is 0 Å². The number of carbonyl (C=O) groups excluding carboxylic acids is 2. The zero-order valence-electron chi connectivity index (χ0n) is 20.4. The highest BCUT2D eigenvalue weighted by atomic mass is 16.5. The molecule has 3 aromatic rings. The Balaban J connectivity index is 1.91. The number of rotatable bonds is 9. The van der Waals surface area contributed by atoms with Gasteiger partial charge in [-0.3, -0.25) is 14.6 Å². The summed E-state index contributed by atoms with van der Waals surface area (Å²) < 4.78 is 16.9. The van der Waals surface area contributed by atoms with E-state index in [9.17, 15) is 14.7 Å². The molecule has 0 bridgehead atoms. The third-order valence-electron chi connectivity index (χ3n) is 5.85. The van der Waals surface area contributed by atoms with Crippen molar-refractivity contribution in [3.8, 4) is 17.2 Å². The maximum atomic E-state index is 13.4. The van der Waals surface area contributed by atoms with E-state index in [1.807, 2.05) is 19.9 Å². The fraction of sp³-hybridized carbons (Fsp3) is 0.250. The Kier molecular flexibility index (Phi) is 7.53. The van der Waals surface area contributed by atoms with Crippen molar-refractivity contribution in [2.45, 2.75) is 26.4 Å². The minimum atomic E-state index is -0.899. The number of aliphatic hydroxyl groups excluding tert-OH is 1. The largest absolute Gasteiger partial charge is 0.507 e. The topological polar surface area (TPSA) is 98.2 Å². The summed E-state index contributed by atoms with van der Waals surface area (Å²) in [5, 5.41) is 11.5. The lowest BCUT2D eigenvalue weighted by molar-refractivity contribution is -0.140. The van der Waals surface area contributed by atoms with Crippen LogP contribution in [-0.2, 0) is 16.1 Å². The van der Waals surface area contributed by atoms with Crippen LogP contribution < -0.4 is 14.2 Å². The lowest BCUT2D eigenvalue weighted by Crippen LogP contribution is -2.29. The number of nitrogens with zero attached hydrogens (tertiary/aromatic N) is 2. The zero-order valence-corrected chi connectivity index (χ0v) is 20.4. The summed E-state index contributed by atoms with van der Waals surface area (Å²) in [5.41, 5.74) is 1.41. The van der Waals surface area contributed by atoms with Crippen molar-refractivity contribution in [1.82, 2.24) is 9.88 Å². The quantitative estimate of drug-likeness (QED) is 0.269. The van der Waals surface area contributed by atoms with Crippen molar-refractivity contribution in [2.24, 2.45) is 0 Å². The van der Waals surface area contributed by atoms with Crippen molar-refractivity contribution in [3.05, 3.63) is 89.3 Å². The average Bonchev–Trinajstić information content (AvgIpc) is 3.14. The molecule has 8 heteroatoms. The Hall–Kier alpha value is -4.33. The number of aromatic nitrogens is 1. The number of hydrogen-bond acceptors (Lipinski definition) is 7. The molecule has 1 unspecified atom stereocenters. The molecule has 36 heavy (non-hydrogen) atoms. The van der Waals surface area contributed by atoms with E-state index in [-0.39, 0.29) is 23.4 Å². The second kappa shape index (κ2) is 10.9. The molecule has 8 nitrogen and oxygen atoms in total. The minimum absolute atomic E-state index is 0.0504. The van der Waals surface area contributed by atoms with Gasteiger partial charge in [-0.25, -0.2) is 0 Å². The van der Waals surface area contributed by atoms with Crippen LogP contribution in [-0.4, -0.2) is 47.0 Å². The van der Waals surface area contributed by atoms with Crippen molar-refractivity contribution in [2.75, 3.05) is 20.3 Å². The number of carbonyl (C=O) groups is 2. The highest BCUT2D eigenvalue weighted by molar-refractivity contribution is 6.46. The van der Waals surface area contributed by atoms with Gasteiger partial charge in [0.15, 0.2) is 0 Å². The molecule has 1 aliphatic rings. The van der Waals surface area contributed by atoms with E-state index in [4.69, 9.17) is 14.2 Å². The van der Waals surface area contributed by atoms with Crippen molar-refractivity contribution >= 4 is 17.4 Å². The predicted molar refractivity (Wildman–Crippen MR) is 134 cm³/mol. The van der Waals surface area contributed by atoms with Crippen molar-refractivity contribution in [3.63, 3.8) is 0 Å². The molecule has 1 atom stereocenters. The Morgan fingerprint density at radius 3 is 2.42 bits per heavy atom. The number of para-hydroxylation sites is 1. The number of pyridine rings is 1. The van der Waals surface area contributed by atoms with Crippen LogP contribution in [0.4, 0.5) is 0 Å². The van der Waals surface area contributed by atoms with Gasteiger partial charge in [0.25, 0.3) is 11.7 Å². The molecule has 1 aliphatic heterocycles. The number of methoxy groups -OCH3 is 1. The molecular formula is C28H28N2O6. The average molecular weight is 489 g/mol. The second-order valence-electron chi connectivity index (χ2n) is 8.01. The molecule has 0 radical (unpaired) electrons. The van der Waals surface area contributed by atoms with Gasteiger partial charge in [0.05, 0.1) is 49.7 Å². The Bertz CT molecular complexity index is 1290. The summed E-state index contributed by atoms with van der Waals surface area (Å²) in [7, 11) is 1.52. The molecule has 1 fully saturated rings. The summed E-state index contributed by atoms with van der Waals surface area (Å²) in [4.78, 5) is 32.4. The SMILES string of the molecule is CCOc1ccc(/C(O)=C2\C(=O)C(=O)N(Cc3ccccn3)C2c2ccccc2OC)c(OCC)c1. The monoisotopic (exact) mass is 488 g/mol. The molecule has 2 aromatic carbocycles. The van der Waals surface area contributed by atoms with Gasteiger partial charge in [-0.2, -0.15) is 0 Å².